The molecule has 20 heavy (non-hydrogen) atoms. The number of fused-ring (bicyclic) bond motifs is 2. The molecule has 2 heterocycles. The number of hydrogen-bond acceptors (Lipinski definition) is 3. The molecular weight excluding hydrogens is 254 g/mol. The molecule has 1 aromatic rings. The van der Waals surface area contributed by atoms with Crippen molar-refractivity contribution in [3.05, 3.63) is 29.8 Å². The summed E-state index contributed by atoms with van der Waals surface area (Å²) in [7, 11) is 0. The third-order valence-corrected chi connectivity index (χ3v) is 5.05. The molecule has 4 rings (SSSR count). The zero-order valence-electron chi connectivity index (χ0n) is 11.4. The summed E-state index contributed by atoms with van der Waals surface area (Å²) in [4.78, 5) is 14.5. The van der Waals surface area contributed by atoms with Crippen molar-refractivity contribution in [2.24, 2.45) is 11.8 Å². The first-order chi connectivity index (χ1) is 9.72. The number of hydrogen-bond donors (Lipinski definition) is 1. The Morgan fingerprint density at radius 1 is 1.25 bits per heavy atom. The Balaban J connectivity index is 1.45. The topological polar surface area (TPSA) is 49.8 Å². The van der Waals surface area contributed by atoms with Gasteiger partial charge in [0.05, 0.1) is 6.10 Å². The normalized spacial score (nSPS) is 34.8. The van der Waals surface area contributed by atoms with Crippen molar-refractivity contribution in [3.8, 4) is 5.75 Å². The Hall–Kier alpha value is -1.55. The highest BCUT2D eigenvalue weighted by Gasteiger charge is 2.45. The van der Waals surface area contributed by atoms with Crippen LogP contribution in [-0.4, -0.2) is 41.2 Å². The van der Waals surface area contributed by atoms with Gasteiger partial charge in [-0.2, -0.15) is 0 Å². The average Bonchev–Trinajstić information content (AvgIpc) is 3.13. The van der Waals surface area contributed by atoms with E-state index in [4.69, 9.17) is 4.74 Å². The minimum atomic E-state index is -0.372. The molecule has 0 aromatic heterocycles. The fourth-order valence-corrected chi connectivity index (χ4v) is 3.94. The number of nitrogens with zero attached hydrogens (tertiary/aromatic N) is 1. The summed E-state index contributed by atoms with van der Waals surface area (Å²) in [6.07, 6.45) is 2.01. The van der Waals surface area contributed by atoms with Crippen molar-refractivity contribution in [2.75, 3.05) is 13.1 Å². The predicted octanol–water partition coefficient (Wildman–Crippen LogP) is 1.22. The van der Waals surface area contributed by atoms with Crippen LogP contribution in [0.25, 0.3) is 0 Å². The van der Waals surface area contributed by atoms with E-state index in [9.17, 15) is 9.90 Å². The molecule has 1 aromatic carbocycles. The van der Waals surface area contributed by atoms with Crippen LogP contribution < -0.4 is 4.74 Å². The monoisotopic (exact) mass is 273 g/mol. The van der Waals surface area contributed by atoms with E-state index in [0.717, 1.165) is 30.7 Å². The third kappa shape index (κ3) is 1.82. The second kappa shape index (κ2) is 4.48. The summed E-state index contributed by atoms with van der Waals surface area (Å²) < 4.78 is 5.78. The molecule has 3 aliphatic rings. The third-order valence-electron chi connectivity index (χ3n) is 5.05. The minimum Gasteiger partial charge on any atom is -0.480 e. The second-order valence-electron chi connectivity index (χ2n) is 6.23. The lowest BCUT2D eigenvalue weighted by Crippen LogP contribution is -2.41. The van der Waals surface area contributed by atoms with Crippen LogP contribution in [0.1, 0.15) is 18.4 Å². The number of ether oxygens (including phenoxy) is 1. The molecule has 2 fully saturated rings. The van der Waals surface area contributed by atoms with E-state index in [-0.39, 0.29) is 24.0 Å². The Kier molecular flexibility index (Phi) is 2.74. The largest absolute Gasteiger partial charge is 0.480 e. The second-order valence-corrected chi connectivity index (χ2v) is 6.23. The van der Waals surface area contributed by atoms with Gasteiger partial charge in [-0.15, -0.1) is 0 Å². The number of para-hydroxylation sites is 1. The smallest absolute Gasteiger partial charge is 0.264 e. The minimum absolute atomic E-state index is 0.0859. The lowest BCUT2D eigenvalue weighted by Gasteiger charge is -2.21. The first-order valence-corrected chi connectivity index (χ1v) is 7.44. The fourth-order valence-electron chi connectivity index (χ4n) is 3.94. The van der Waals surface area contributed by atoms with Gasteiger partial charge in [0, 0.05) is 25.4 Å². The van der Waals surface area contributed by atoms with Crippen LogP contribution >= 0.6 is 0 Å². The molecule has 1 amide bonds. The van der Waals surface area contributed by atoms with Gasteiger partial charge in [-0.1, -0.05) is 18.2 Å². The molecule has 1 aliphatic carbocycles. The van der Waals surface area contributed by atoms with Crippen molar-refractivity contribution in [2.45, 2.75) is 31.5 Å². The van der Waals surface area contributed by atoms with Crippen molar-refractivity contribution in [1.29, 1.82) is 0 Å². The Labute approximate surface area is 118 Å². The first kappa shape index (κ1) is 12.2. The van der Waals surface area contributed by atoms with E-state index < -0.39 is 0 Å². The zero-order valence-corrected chi connectivity index (χ0v) is 11.4. The van der Waals surface area contributed by atoms with Gasteiger partial charge in [-0.05, 0) is 30.4 Å². The predicted molar refractivity (Wildman–Crippen MR) is 73.4 cm³/mol. The molecule has 106 valence electrons. The number of benzene rings is 1. The van der Waals surface area contributed by atoms with Crippen molar-refractivity contribution >= 4 is 5.91 Å². The van der Waals surface area contributed by atoms with Gasteiger partial charge in [0.25, 0.3) is 5.91 Å². The van der Waals surface area contributed by atoms with Crippen LogP contribution in [0.3, 0.4) is 0 Å². The lowest BCUT2D eigenvalue weighted by molar-refractivity contribution is -0.137. The standard InChI is InChI=1S/C16H19NO3/c18-13-6-5-11-8-17(9-12(11)13)16(19)15-7-10-3-1-2-4-14(10)20-15/h1-4,11-13,15,18H,5-9H2. The van der Waals surface area contributed by atoms with Gasteiger partial charge in [-0.25, -0.2) is 0 Å². The van der Waals surface area contributed by atoms with Crippen LogP contribution in [0.5, 0.6) is 5.75 Å². The molecule has 0 bridgehead atoms. The van der Waals surface area contributed by atoms with E-state index in [1.54, 1.807) is 0 Å². The quantitative estimate of drug-likeness (QED) is 0.837. The maximum Gasteiger partial charge on any atom is 0.264 e. The summed E-state index contributed by atoms with van der Waals surface area (Å²) in [6, 6.07) is 7.85. The van der Waals surface area contributed by atoms with Crippen molar-refractivity contribution in [3.63, 3.8) is 0 Å². The number of aliphatic hydroxyl groups excluding tert-OH is 1. The molecular formula is C16H19NO3. The Morgan fingerprint density at radius 2 is 2.10 bits per heavy atom. The summed E-state index contributed by atoms with van der Waals surface area (Å²) in [5.41, 5.74) is 1.12. The molecule has 0 spiro atoms. The number of carbonyl (C=O) groups is 1. The highest BCUT2D eigenvalue weighted by atomic mass is 16.5. The number of likely N-dealkylation sites (tertiary alicyclic amines) is 1. The molecule has 4 heteroatoms. The maximum absolute atomic E-state index is 12.6. The van der Waals surface area contributed by atoms with Crippen molar-refractivity contribution < 1.29 is 14.6 Å². The van der Waals surface area contributed by atoms with Gasteiger partial charge in [0.1, 0.15) is 5.75 Å². The van der Waals surface area contributed by atoms with Crippen LogP contribution in [-0.2, 0) is 11.2 Å². The van der Waals surface area contributed by atoms with E-state index in [0.29, 0.717) is 18.9 Å². The van der Waals surface area contributed by atoms with Crippen molar-refractivity contribution in [1.82, 2.24) is 4.90 Å². The lowest BCUT2D eigenvalue weighted by atomic mass is 10.00. The van der Waals surface area contributed by atoms with E-state index in [1.165, 1.54) is 0 Å². The molecule has 1 N–H and O–H groups in total. The highest BCUT2D eigenvalue weighted by Crippen LogP contribution is 2.39. The van der Waals surface area contributed by atoms with Crippen LogP contribution in [0.15, 0.2) is 24.3 Å². The van der Waals surface area contributed by atoms with Gasteiger partial charge in [-0.3, -0.25) is 4.79 Å². The molecule has 1 saturated carbocycles. The van der Waals surface area contributed by atoms with Gasteiger partial charge < -0.3 is 14.7 Å². The number of rotatable bonds is 1. The number of carbonyl (C=O) groups excluding carboxylic acids is 1. The van der Waals surface area contributed by atoms with Crippen LogP contribution in [0.2, 0.25) is 0 Å². The molecule has 4 unspecified atom stereocenters. The molecule has 0 radical (unpaired) electrons. The molecule has 4 atom stereocenters. The first-order valence-electron chi connectivity index (χ1n) is 7.44. The van der Waals surface area contributed by atoms with E-state index in [1.807, 2.05) is 29.2 Å². The number of amides is 1. The summed E-state index contributed by atoms with van der Waals surface area (Å²) in [5, 5.41) is 9.94. The van der Waals surface area contributed by atoms with Crippen LogP contribution in [0, 0.1) is 11.8 Å². The average molecular weight is 273 g/mol. The maximum atomic E-state index is 12.6. The summed E-state index contributed by atoms with van der Waals surface area (Å²) in [5.74, 6) is 1.69. The van der Waals surface area contributed by atoms with E-state index >= 15 is 0 Å². The summed E-state index contributed by atoms with van der Waals surface area (Å²) in [6.45, 7) is 1.48. The highest BCUT2D eigenvalue weighted by molar-refractivity contribution is 5.83. The van der Waals surface area contributed by atoms with Gasteiger partial charge in [0.2, 0.25) is 0 Å². The van der Waals surface area contributed by atoms with Gasteiger partial charge >= 0.3 is 0 Å². The fraction of sp³-hybridized carbons (Fsp3) is 0.562. The van der Waals surface area contributed by atoms with E-state index in [2.05, 4.69) is 0 Å². The van der Waals surface area contributed by atoms with Crippen LogP contribution in [0.4, 0.5) is 0 Å². The molecule has 4 nitrogen and oxygen atoms in total. The molecule has 1 saturated heterocycles. The van der Waals surface area contributed by atoms with Gasteiger partial charge in [0.15, 0.2) is 6.10 Å². The SMILES string of the molecule is O=C(C1Cc2ccccc2O1)N1CC2CCC(O)C2C1. The Morgan fingerprint density at radius 3 is 2.90 bits per heavy atom. The summed E-state index contributed by atoms with van der Waals surface area (Å²) >= 11 is 0. The molecule has 2 aliphatic heterocycles. The Bertz CT molecular complexity index is 519. The number of aliphatic hydroxyl groups is 1. The zero-order chi connectivity index (χ0) is 13.7.